The summed E-state index contributed by atoms with van der Waals surface area (Å²) < 4.78 is 5.93. The number of pyridine rings is 1. The predicted molar refractivity (Wildman–Crippen MR) is 85.1 cm³/mol. The molecule has 2 aliphatic rings. The monoisotopic (exact) mass is 299 g/mol. The third kappa shape index (κ3) is 2.43. The van der Waals surface area contributed by atoms with E-state index in [-0.39, 0.29) is 5.41 Å². The number of nitrogens with zero attached hydrogens (tertiary/aromatic N) is 3. The van der Waals surface area contributed by atoms with Crippen molar-refractivity contribution in [2.24, 2.45) is 11.3 Å². The van der Waals surface area contributed by atoms with E-state index in [0.717, 1.165) is 31.7 Å². The second kappa shape index (κ2) is 5.98. The van der Waals surface area contributed by atoms with Crippen LogP contribution in [0.1, 0.15) is 44.7 Å². The normalized spacial score (nSPS) is 29.0. The maximum absolute atomic E-state index is 9.30. The second-order valence-corrected chi connectivity index (χ2v) is 7.13. The van der Waals surface area contributed by atoms with Crippen LogP contribution >= 0.6 is 0 Å². The van der Waals surface area contributed by atoms with E-state index in [1.165, 1.54) is 6.42 Å². The van der Waals surface area contributed by atoms with Crippen LogP contribution < -0.4 is 0 Å². The molecule has 2 heterocycles. The Bertz CT molecular complexity index is 578. The van der Waals surface area contributed by atoms with Crippen LogP contribution in [0.5, 0.6) is 0 Å². The van der Waals surface area contributed by atoms with Crippen LogP contribution in [0.15, 0.2) is 18.5 Å². The van der Waals surface area contributed by atoms with Crippen LogP contribution in [0.3, 0.4) is 0 Å². The van der Waals surface area contributed by atoms with Gasteiger partial charge in [0.1, 0.15) is 6.07 Å². The van der Waals surface area contributed by atoms with Gasteiger partial charge in [-0.1, -0.05) is 20.8 Å². The zero-order chi connectivity index (χ0) is 15.7. The molecule has 118 valence electrons. The van der Waals surface area contributed by atoms with Crippen molar-refractivity contribution in [2.75, 3.05) is 13.2 Å². The Labute approximate surface area is 133 Å². The van der Waals surface area contributed by atoms with Crippen molar-refractivity contribution in [1.82, 2.24) is 9.88 Å². The van der Waals surface area contributed by atoms with Crippen LogP contribution in [0.2, 0.25) is 0 Å². The van der Waals surface area contributed by atoms with Gasteiger partial charge in [0.2, 0.25) is 0 Å². The molecule has 3 rings (SSSR count). The zero-order valence-corrected chi connectivity index (χ0v) is 13.7. The molecule has 3 unspecified atom stereocenters. The van der Waals surface area contributed by atoms with E-state index in [4.69, 9.17) is 4.74 Å². The molecule has 1 saturated heterocycles. The topological polar surface area (TPSA) is 49.2 Å². The summed E-state index contributed by atoms with van der Waals surface area (Å²) in [6.07, 6.45) is 6.16. The average molecular weight is 299 g/mol. The summed E-state index contributed by atoms with van der Waals surface area (Å²) in [5.41, 5.74) is 1.97. The molecule has 0 spiro atoms. The van der Waals surface area contributed by atoms with Gasteiger partial charge in [0.15, 0.2) is 0 Å². The third-order valence-corrected chi connectivity index (χ3v) is 5.35. The highest BCUT2D eigenvalue weighted by Crippen LogP contribution is 2.54. The molecule has 0 amide bonds. The molecule has 1 aromatic rings. The van der Waals surface area contributed by atoms with Crippen LogP contribution in [0.4, 0.5) is 0 Å². The number of fused-ring (bicyclic) bond motifs is 1. The first kappa shape index (κ1) is 15.5. The zero-order valence-electron chi connectivity index (χ0n) is 13.7. The van der Waals surface area contributed by atoms with Crippen molar-refractivity contribution >= 4 is 0 Å². The number of ether oxygens (including phenoxy) is 1. The molecule has 1 aromatic heterocycles. The highest BCUT2D eigenvalue weighted by atomic mass is 16.5. The molecule has 1 aliphatic heterocycles. The lowest BCUT2D eigenvalue weighted by Gasteiger charge is -2.58. The van der Waals surface area contributed by atoms with Gasteiger partial charge in [-0.2, -0.15) is 5.26 Å². The first-order valence-corrected chi connectivity index (χ1v) is 8.28. The van der Waals surface area contributed by atoms with E-state index in [1.807, 2.05) is 6.07 Å². The molecule has 4 nitrogen and oxygen atoms in total. The molecule has 3 atom stereocenters. The van der Waals surface area contributed by atoms with E-state index < -0.39 is 0 Å². The van der Waals surface area contributed by atoms with Crippen LogP contribution in [0, 0.1) is 22.7 Å². The lowest BCUT2D eigenvalue weighted by atomic mass is 9.56. The third-order valence-electron chi connectivity index (χ3n) is 5.35. The van der Waals surface area contributed by atoms with E-state index in [9.17, 15) is 5.26 Å². The highest BCUT2D eigenvalue weighted by molar-refractivity contribution is 5.34. The smallest absolute Gasteiger partial charge is 0.101 e. The SMILES string of the molecule is CCCN(Cc1ccncc1C#N)C1C2CCOC2C1(C)C. The molecule has 4 heteroatoms. The van der Waals surface area contributed by atoms with Crippen LogP contribution in [0.25, 0.3) is 0 Å². The van der Waals surface area contributed by atoms with Crippen LogP contribution in [-0.2, 0) is 11.3 Å². The van der Waals surface area contributed by atoms with Crippen molar-refractivity contribution in [2.45, 2.75) is 52.3 Å². The Balaban J connectivity index is 1.83. The van der Waals surface area contributed by atoms with Gasteiger partial charge < -0.3 is 4.74 Å². The molecule has 1 aliphatic carbocycles. The fraction of sp³-hybridized carbons (Fsp3) is 0.667. The lowest BCUT2D eigenvalue weighted by molar-refractivity contribution is -0.157. The summed E-state index contributed by atoms with van der Waals surface area (Å²) in [6.45, 7) is 9.66. The lowest BCUT2D eigenvalue weighted by Crippen LogP contribution is -2.66. The summed E-state index contributed by atoms with van der Waals surface area (Å²) in [4.78, 5) is 6.63. The quantitative estimate of drug-likeness (QED) is 0.838. The average Bonchev–Trinajstić information content (AvgIpc) is 2.94. The van der Waals surface area contributed by atoms with Crippen molar-refractivity contribution in [3.63, 3.8) is 0 Å². The Morgan fingerprint density at radius 1 is 1.50 bits per heavy atom. The number of rotatable bonds is 5. The summed E-state index contributed by atoms with van der Waals surface area (Å²) >= 11 is 0. The Hall–Kier alpha value is -1.44. The summed E-state index contributed by atoms with van der Waals surface area (Å²) in [6, 6.07) is 4.79. The Morgan fingerprint density at radius 3 is 3.05 bits per heavy atom. The highest BCUT2D eigenvalue weighted by Gasteiger charge is 2.60. The molecule has 1 saturated carbocycles. The van der Waals surface area contributed by atoms with Crippen LogP contribution in [-0.4, -0.2) is 35.2 Å². The van der Waals surface area contributed by atoms with E-state index in [0.29, 0.717) is 23.6 Å². The van der Waals surface area contributed by atoms with Crippen molar-refractivity contribution in [3.8, 4) is 6.07 Å². The molecule has 0 aromatic carbocycles. The number of hydrogen-bond acceptors (Lipinski definition) is 4. The minimum Gasteiger partial charge on any atom is -0.377 e. The maximum Gasteiger partial charge on any atom is 0.101 e. The number of nitriles is 1. The molecule has 0 bridgehead atoms. The Morgan fingerprint density at radius 2 is 2.32 bits per heavy atom. The second-order valence-electron chi connectivity index (χ2n) is 7.13. The molecular formula is C18H25N3O. The van der Waals surface area contributed by atoms with Crippen molar-refractivity contribution < 1.29 is 4.74 Å². The minimum atomic E-state index is 0.191. The summed E-state index contributed by atoms with van der Waals surface area (Å²) in [5.74, 6) is 0.647. The molecular weight excluding hydrogens is 274 g/mol. The van der Waals surface area contributed by atoms with Gasteiger partial charge in [-0.25, -0.2) is 0 Å². The van der Waals surface area contributed by atoms with Gasteiger partial charge in [-0.15, -0.1) is 0 Å². The Kier molecular flexibility index (Phi) is 4.20. The number of aromatic nitrogens is 1. The maximum atomic E-state index is 9.30. The first-order chi connectivity index (χ1) is 10.6. The first-order valence-electron chi connectivity index (χ1n) is 8.28. The minimum absolute atomic E-state index is 0.191. The summed E-state index contributed by atoms with van der Waals surface area (Å²) in [5, 5.41) is 9.30. The van der Waals surface area contributed by atoms with E-state index in [1.54, 1.807) is 12.4 Å². The summed E-state index contributed by atoms with van der Waals surface area (Å²) in [7, 11) is 0. The van der Waals surface area contributed by atoms with Gasteiger partial charge >= 0.3 is 0 Å². The van der Waals surface area contributed by atoms with Gasteiger partial charge in [-0.3, -0.25) is 9.88 Å². The van der Waals surface area contributed by atoms with Gasteiger partial charge in [0.05, 0.1) is 11.7 Å². The molecule has 0 radical (unpaired) electrons. The largest absolute Gasteiger partial charge is 0.377 e. The predicted octanol–water partition coefficient (Wildman–Crippen LogP) is 2.98. The van der Waals surface area contributed by atoms with E-state index >= 15 is 0 Å². The van der Waals surface area contributed by atoms with Gasteiger partial charge in [0.25, 0.3) is 0 Å². The molecule has 2 fully saturated rings. The standard InChI is InChI=1S/C18H25N3O/c1-4-8-21(12-13-5-7-20-11-14(13)10-19)16-15-6-9-22-17(15)18(16,2)3/h5,7,11,15-17H,4,6,8-9,12H2,1-3H3. The van der Waals surface area contributed by atoms with Gasteiger partial charge in [-0.05, 0) is 31.0 Å². The fourth-order valence-electron chi connectivity index (χ4n) is 4.52. The van der Waals surface area contributed by atoms with Crippen molar-refractivity contribution in [1.29, 1.82) is 5.26 Å². The van der Waals surface area contributed by atoms with E-state index in [2.05, 4.69) is 36.7 Å². The number of hydrogen-bond donors (Lipinski definition) is 0. The van der Waals surface area contributed by atoms with Gasteiger partial charge in [0, 0.05) is 42.9 Å². The van der Waals surface area contributed by atoms with Crippen molar-refractivity contribution in [3.05, 3.63) is 29.6 Å². The fourth-order valence-corrected chi connectivity index (χ4v) is 4.52. The molecule has 0 N–H and O–H groups in total. The molecule has 22 heavy (non-hydrogen) atoms.